The largest absolute Gasteiger partial charge is 0.493 e. The molecule has 0 aliphatic heterocycles. The van der Waals surface area contributed by atoms with E-state index in [-0.39, 0.29) is 5.91 Å². The topological polar surface area (TPSA) is 56.8 Å². The number of hydrogen-bond acceptors (Lipinski definition) is 4. The number of carbonyl (C=O) groups excluding carboxylic acids is 1. The average Bonchev–Trinajstić information content (AvgIpc) is 2.56. The molecule has 0 saturated carbocycles. The molecule has 1 N–H and O–H groups in total. The van der Waals surface area contributed by atoms with Gasteiger partial charge in [0, 0.05) is 11.8 Å². The fraction of sp³-hybridized carbons (Fsp3) is 0.316. The maximum atomic E-state index is 12.4. The molecule has 0 aromatic heterocycles. The summed E-state index contributed by atoms with van der Waals surface area (Å²) in [7, 11) is 3.13. The summed E-state index contributed by atoms with van der Waals surface area (Å²) < 4.78 is 16.2. The molecule has 0 unspecified atom stereocenters. The molecule has 0 radical (unpaired) electrons. The molecule has 2 aromatic carbocycles. The van der Waals surface area contributed by atoms with Crippen molar-refractivity contribution in [1.29, 1.82) is 0 Å². The minimum atomic E-state index is -0.626. The number of nitrogens with one attached hydrogen (secondary N) is 1. The first kappa shape index (κ1) is 17.7. The molecule has 5 nitrogen and oxygen atoms in total. The van der Waals surface area contributed by atoms with Gasteiger partial charge in [-0.05, 0) is 50.1 Å². The molecule has 128 valence electrons. The lowest BCUT2D eigenvalue weighted by Crippen LogP contribution is -2.30. The Hall–Kier alpha value is -2.69. The highest BCUT2D eigenvalue weighted by Crippen LogP contribution is 2.33. The third kappa shape index (κ3) is 4.19. The lowest BCUT2D eigenvalue weighted by atomic mass is 10.1. The number of carbonyl (C=O) groups is 1. The van der Waals surface area contributed by atoms with Crippen LogP contribution in [0.2, 0.25) is 0 Å². The third-order valence-corrected chi connectivity index (χ3v) is 3.66. The van der Waals surface area contributed by atoms with Gasteiger partial charge in [0.1, 0.15) is 5.75 Å². The standard InChI is InChI=1S/C19H23NO4/c1-12-7-6-8-15(9-12)24-14(3)19(21)20-16-11-18(23-5)17(22-4)10-13(16)2/h6-11,14H,1-5H3,(H,20,21)/t14-/m1/s1. The summed E-state index contributed by atoms with van der Waals surface area (Å²) >= 11 is 0. The van der Waals surface area contributed by atoms with E-state index < -0.39 is 6.10 Å². The highest BCUT2D eigenvalue weighted by atomic mass is 16.5. The van der Waals surface area contributed by atoms with E-state index in [1.807, 2.05) is 44.2 Å². The SMILES string of the molecule is COc1cc(C)c(NC(=O)[C@@H](C)Oc2cccc(C)c2)cc1OC. The smallest absolute Gasteiger partial charge is 0.265 e. The molecule has 2 aromatic rings. The van der Waals surface area contributed by atoms with Crippen molar-refractivity contribution in [2.75, 3.05) is 19.5 Å². The van der Waals surface area contributed by atoms with Crippen LogP contribution in [0.15, 0.2) is 36.4 Å². The second-order valence-corrected chi connectivity index (χ2v) is 5.59. The van der Waals surface area contributed by atoms with Crippen LogP contribution in [0.1, 0.15) is 18.1 Å². The lowest BCUT2D eigenvalue weighted by Gasteiger charge is -2.17. The minimum absolute atomic E-state index is 0.230. The van der Waals surface area contributed by atoms with E-state index in [1.165, 1.54) is 0 Å². The van der Waals surface area contributed by atoms with Crippen molar-refractivity contribution in [3.8, 4) is 17.2 Å². The Bertz CT molecular complexity index is 727. The molecule has 0 saturated heterocycles. The van der Waals surface area contributed by atoms with Crippen LogP contribution in [0.4, 0.5) is 5.69 Å². The summed E-state index contributed by atoms with van der Waals surface area (Å²) in [6.07, 6.45) is -0.626. The fourth-order valence-corrected chi connectivity index (χ4v) is 2.30. The van der Waals surface area contributed by atoms with E-state index in [9.17, 15) is 4.79 Å². The Morgan fingerprint density at radius 1 is 1.04 bits per heavy atom. The molecule has 0 aliphatic carbocycles. The zero-order valence-corrected chi connectivity index (χ0v) is 14.7. The Labute approximate surface area is 142 Å². The summed E-state index contributed by atoms with van der Waals surface area (Å²) in [6, 6.07) is 11.2. The van der Waals surface area contributed by atoms with Crippen molar-refractivity contribution in [3.63, 3.8) is 0 Å². The zero-order chi connectivity index (χ0) is 17.7. The highest BCUT2D eigenvalue weighted by Gasteiger charge is 2.17. The van der Waals surface area contributed by atoms with Gasteiger partial charge in [-0.1, -0.05) is 12.1 Å². The van der Waals surface area contributed by atoms with Crippen LogP contribution in [0.5, 0.6) is 17.2 Å². The normalized spacial score (nSPS) is 11.5. The highest BCUT2D eigenvalue weighted by molar-refractivity contribution is 5.95. The molecule has 2 rings (SSSR count). The lowest BCUT2D eigenvalue weighted by molar-refractivity contribution is -0.122. The maximum Gasteiger partial charge on any atom is 0.265 e. The Kier molecular flexibility index (Phi) is 5.68. The second kappa shape index (κ2) is 7.73. The van der Waals surface area contributed by atoms with Gasteiger partial charge in [-0.2, -0.15) is 0 Å². The maximum absolute atomic E-state index is 12.4. The van der Waals surface area contributed by atoms with Gasteiger partial charge < -0.3 is 19.5 Å². The molecule has 24 heavy (non-hydrogen) atoms. The molecule has 0 fully saturated rings. The minimum Gasteiger partial charge on any atom is -0.493 e. The summed E-state index contributed by atoms with van der Waals surface area (Å²) in [5.74, 6) is 1.62. The molecule has 0 bridgehead atoms. The van der Waals surface area contributed by atoms with Crippen LogP contribution < -0.4 is 19.5 Å². The molecular weight excluding hydrogens is 306 g/mol. The van der Waals surface area contributed by atoms with Gasteiger partial charge in [0.25, 0.3) is 5.91 Å². The molecule has 1 amide bonds. The van der Waals surface area contributed by atoms with Crippen LogP contribution in [0.25, 0.3) is 0 Å². The first-order valence-corrected chi connectivity index (χ1v) is 7.71. The van der Waals surface area contributed by atoms with E-state index in [1.54, 1.807) is 27.2 Å². The third-order valence-electron chi connectivity index (χ3n) is 3.66. The van der Waals surface area contributed by atoms with Crippen molar-refractivity contribution in [3.05, 3.63) is 47.5 Å². The van der Waals surface area contributed by atoms with Crippen LogP contribution in [0.3, 0.4) is 0 Å². The van der Waals surface area contributed by atoms with Gasteiger partial charge >= 0.3 is 0 Å². The number of aryl methyl sites for hydroxylation is 2. The van der Waals surface area contributed by atoms with Crippen molar-refractivity contribution in [2.24, 2.45) is 0 Å². The number of methoxy groups -OCH3 is 2. The summed E-state index contributed by atoms with van der Waals surface area (Å²) in [5, 5.41) is 2.87. The van der Waals surface area contributed by atoms with Crippen molar-refractivity contribution in [2.45, 2.75) is 26.9 Å². The molecule has 0 heterocycles. The van der Waals surface area contributed by atoms with Gasteiger partial charge in [0.15, 0.2) is 17.6 Å². The molecule has 5 heteroatoms. The van der Waals surface area contributed by atoms with E-state index in [0.29, 0.717) is 22.9 Å². The number of anilines is 1. The van der Waals surface area contributed by atoms with Crippen molar-refractivity contribution < 1.29 is 19.0 Å². The van der Waals surface area contributed by atoms with E-state index >= 15 is 0 Å². The summed E-state index contributed by atoms with van der Waals surface area (Å²) in [5.41, 5.74) is 2.62. The zero-order valence-electron chi connectivity index (χ0n) is 14.7. The predicted molar refractivity (Wildman–Crippen MR) is 94.2 cm³/mol. The predicted octanol–water partition coefficient (Wildman–Crippen LogP) is 3.73. The molecular formula is C19H23NO4. The number of ether oxygens (including phenoxy) is 3. The quantitative estimate of drug-likeness (QED) is 0.877. The molecule has 1 atom stereocenters. The van der Waals surface area contributed by atoms with Gasteiger partial charge in [-0.3, -0.25) is 4.79 Å². The summed E-state index contributed by atoms with van der Waals surface area (Å²) in [4.78, 5) is 12.4. The fourth-order valence-electron chi connectivity index (χ4n) is 2.30. The van der Waals surface area contributed by atoms with Crippen LogP contribution in [-0.4, -0.2) is 26.2 Å². The molecule has 0 aliphatic rings. The Morgan fingerprint density at radius 3 is 2.33 bits per heavy atom. The number of benzene rings is 2. The molecule has 0 spiro atoms. The van der Waals surface area contributed by atoms with E-state index in [0.717, 1.165) is 11.1 Å². The Morgan fingerprint density at radius 2 is 1.71 bits per heavy atom. The van der Waals surface area contributed by atoms with Gasteiger partial charge in [0.2, 0.25) is 0 Å². The Balaban J connectivity index is 2.11. The number of amides is 1. The summed E-state index contributed by atoms with van der Waals surface area (Å²) in [6.45, 7) is 5.59. The van der Waals surface area contributed by atoms with Gasteiger partial charge in [0.05, 0.1) is 14.2 Å². The van der Waals surface area contributed by atoms with Gasteiger partial charge in [-0.25, -0.2) is 0 Å². The first-order chi connectivity index (χ1) is 11.4. The number of rotatable bonds is 6. The van der Waals surface area contributed by atoms with Crippen molar-refractivity contribution >= 4 is 11.6 Å². The van der Waals surface area contributed by atoms with E-state index in [2.05, 4.69) is 5.32 Å². The second-order valence-electron chi connectivity index (χ2n) is 5.59. The van der Waals surface area contributed by atoms with E-state index in [4.69, 9.17) is 14.2 Å². The van der Waals surface area contributed by atoms with Crippen molar-refractivity contribution in [1.82, 2.24) is 0 Å². The average molecular weight is 329 g/mol. The first-order valence-electron chi connectivity index (χ1n) is 7.71. The van der Waals surface area contributed by atoms with Crippen LogP contribution in [-0.2, 0) is 4.79 Å². The van der Waals surface area contributed by atoms with Gasteiger partial charge in [-0.15, -0.1) is 0 Å². The van der Waals surface area contributed by atoms with Crippen LogP contribution >= 0.6 is 0 Å². The monoisotopic (exact) mass is 329 g/mol. The van der Waals surface area contributed by atoms with Crippen LogP contribution in [0, 0.1) is 13.8 Å². The number of hydrogen-bond donors (Lipinski definition) is 1.